The van der Waals surface area contributed by atoms with E-state index in [1.54, 1.807) is 6.92 Å². The molecule has 1 aliphatic heterocycles. The smallest absolute Gasteiger partial charge is 0.305 e. The van der Waals surface area contributed by atoms with E-state index >= 15 is 0 Å². The molecule has 2 heterocycles. The molecule has 0 spiro atoms. The molecule has 1 fully saturated rings. The second-order valence-corrected chi connectivity index (χ2v) is 7.04. The van der Waals surface area contributed by atoms with Crippen LogP contribution in [0.5, 0.6) is 0 Å². The van der Waals surface area contributed by atoms with Gasteiger partial charge in [-0.2, -0.15) is 9.40 Å². The lowest BCUT2D eigenvalue weighted by Gasteiger charge is -2.35. The summed E-state index contributed by atoms with van der Waals surface area (Å²) in [4.78, 5) is 10.6. The van der Waals surface area contributed by atoms with Crippen LogP contribution in [-0.2, 0) is 26.1 Å². The highest BCUT2D eigenvalue weighted by molar-refractivity contribution is 7.89. The van der Waals surface area contributed by atoms with Crippen LogP contribution in [0.3, 0.4) is 0 Å². The molecule has 0 bridgehead atoms. The molecule has 0 aliphatic carbocycles. The zero-order chi connectivity index (χ0) is 15.6. The third-order valence-electron chi connectivity index (χ3n) is 3.32. The van der Waals surface area contributed by atoms with Crippen molar-refractivity contribution in [3.8, 4) is 0 Å². The number of morpholine rings is 1. The first-order valence-corrected chi connectivity index (χ1v) is 8.12. The number of carbonyl (C=O) groups is 1. The first-order valence-electron chi connectivity index (χ1n) is 6.68. The third kappa shape index (κ3) is 3.60. The van der Waals surface area contributed by atoms with Crippen LogP contribution in [0.4, 0.5) is 0 Å². The lowest BCUT2D eigenvalue weighted by atomic mass is 10.2. The molecule has 0 amide bonds. The second kappa shape index (κ2) is 6.12. The Kier molecular flexibility index (Phi) is 4.64. The van der Waals surface area contributed by atoms with Crippen molar-refractivity contribution in [2.24, 2.45) is 0 Å². The van der Waals surface area contributed by atoms with Crippen molar-refractivity contribution >= 4 is 16.0 Å². The molecule has 2 rings (SSSR count). The highest BCUT2D eigenvalue weighted by atomic mass is 32.2. The summed E-state index contributed by atoms with van der Waals surface area (Å²) in [6, 6.07) is -0.242. The Morgan fingerprint density at radius 3 is 2.90 bits per heavy atom. The molecule has 1 N–H and O–H groups in total. The fourth-order valence-electron chi connectivity index (χ4n) is 2.15. The fourth-order valence-corrected chi connectivity index (χ4v) is 3.80. The van der Waals surface area contributed by atoms with Crippen LogP contribution < -0.4 is 0 Å². The highest BCUT2D eigenvalue weighted by Gasteiger charge is 2.34. The summed E-state index contributed by atoms with van der Waals surface area (Å²) < 4.78 is 33.4. The molecule has 0 radical (unpaired) electrons. The summed E-state index contributed by atoms with van der Waals surface area (Å²) >= 11 is 0. The van der Waals surface area contributed by atoms with E-state index in [-0.39, 0.29) is 30.0 Å². The van der Waals surface area contributed by atoms with Crippen LogP contribution in [0.1, 0.15) is 20.3 Å². The van der Waals surface area contributed by atoms with Gasteiger partial charge >= 0.3 is 5.97 Å². The zero-order valence-corrected chi connectivity index (χ0v) is 12.8. The van der Waals surface area contributed by atoms with Gasteiger partial charge < -0.3 is 9.84 Å². The van der Waals surface area contributed by atoms with E-state index in [9.17, 15) is 13.2 Å². The molecular formula is C12H19N3O5S. The van der Waals surface area contributed by atoms with E-state index in [1.165, 1.54) is 21.4 Å². The quantitative estimate of drug-likeness (QED) is 0.830. The Labute approximate surface area is 123 Å². The molecule has 118 valence electrons. The average Bonchev–Trinajstić information content (AvgIpc) is 2.88. The van der Waals surface area contributed by atoms with Crippen molar-refractivity contribution in [1.82, 2.24) is 14.1 Å². The van der Waals surface area contributed by atoms with Crippen molar-refractivity contribution in [2.45, 2.75) is 43.9 Å². The van der Waals surface area contributed by atoms with Gasteiger partial charge in [0.15, 0.2) is 0 Å². The van der Waals surface area contributed by atoms with Crippen LogP contribution in [0.15, 0.2) is 17.3 Å². The lowest BCUT2D eigenvalue weighted by Crippen LogP contribution is -2.49. The zero-order valence-electron chi connectivity index (χ0n) is 12.0. The molecule has 8 nitrogen and oxygen atoms in total. The van der Waals surface area contributed by atoms with Crippen LogP contribution in [0.2, 0.25) is 0 Å². The number of aromatic nitrogens is 2. The van der Waals surface area contributed by atoms with Gasteiger partial charge in [-0.15, -0.1) is 0 Å². The molecular weight excluding hydrogens is 298 g/mol. The van der Waals surface area contributed by atoms with Gasteiger partial charge in [0.2, 0.25) is 10.0 Å². The molecule has 2 unspecified atom stereocenters. The monoisotopic (exact) mass is 317 g/mol. The van der Waals surface area contributed by atoms with E-state index in [4.69, 9.17) is 9.84 Å². The molecule has 1 aromatic rings. The van der Waals surface area contributed by atoms with Crippen molar-refractivity contribution < 1.29 is 23.1 Å². The SMILES string of the molecule is CC1CN(S(=O)(=O)c2cnn(CCC(=O)O)c2)C(C)CO1. The van der Waals surface area contributed by atoms with Crippen molar-refractivity contribution in [3.63, 3.8) is 0 Å². The number of rotatable bonds is 5. The largest absolute Gasteiger partial charge is 0.481 e. The highest BCUT2D eigenvalue weighted by Crippen LogP contribution is 2.22. The van der Waals surface area contributed by atoms with E-state index in [0.717, 1.165) is 0 Å². The van der Waals surface area contributed by atoms with E-state index in [1.807, 2.05) is 6.92 Å². The maximum absolute atomic E-state index is 12.6. The number of hydrogen-bond acceptors (Lipinski definition) is 5. The first-order chi connectivity index (χ1) is 9.80. The summed E-state index contributed by atoms with van der Waals surface area (Å²) in [6.07, 6.45) is 2.36. The average molecular weight is 317 g/mol. The molecule has 21 heavy (non-hydrogen) atoms. The number of aryl methyl sites for hydroxylation is 1. The van der Waals surface area contributed by atoms with Gasteiger partial charge in [0.1, 0.15) is 4.90 Å². The Morgan fingerprint density at radius 2 is 2.24 bits per heavy atom. The van der Waals surface area contributed by atoms with Crippen LogP contribution in [0.25, 0.3) is 0 Å². The topological polar surface area (TPSA) is 102 Å². The summed E-state index contributed by atoms with van der Waals surface area (Å²) in [6.45, 7) is 4.40. The first kappa shape index (κ1) is 15.9. The second-order valence-electron chi connectivity index (χ2n) is 5.15. The molecule has 2 atom stereocenters. The Morgan fingerprint density at radius 1 is 1.52 bits per heavy atom. The van der Waals surface area contributed by atoms with Gasteiger partial charge in [-0.05, 0) is 13.8 Å². The minimum atomic E-state index is -3.64. The number of carboxylic acid groups (broad SMARTS) is 1. The maximum Gasteiger partial charge on any atom is 0.305 e. The van der Waals surface area contributed by atoms with Crippen LogP contribution >= 0.6 is 0 Å². The number of aliphatic carboxylic acids is 1. The molecule has 1 aromatic heterocycles. The standard InChI is InChI=1S/C12H19N3O5S/c1-9-8-20-10(2)6-15(9)21(18,19)11-5-13-14(7-11)4-3-12(16)17/h5,7,9-10H,3-4,6,8H2,1-2H3,(H,16,17). The van der Waals surface area contributed by atoms with Crippen molar-refractivity contribution in [2.75, 3.05) is 13.2 Å². The van der Waals surface area contributed by atoms with Gasteiger partial charge in [0.05, 0.1) is 31.9 Å². The van der Waals surface area contributed by atoms with E-state index < -0.39 is 16.0 Å². The lowest BCUT2D eigenvalue weighted by molar-refractivity contribution is -0.137. The van der Waals surface area contributed by atoms with Crippen LogP contribution in [-0.4, -0.2) is 58.9 Å². The predicted octanol–water partition coefficient (Wildman–Crippen LogP) is 0.156. The van der Waals surface area contributed by atoms with Crippen molar-refractivity contribution in [3.05, 3.63) is 12.4 Å². The number of hydrogen-bond donors (Lipinski definition) is 1. The summed E-state index contributed by atoms with van der Waals surface area (Å²) in [5.74, 6) is -0.953. The summed E-state index contributed by atoms with van der Waals surface area (Å²) in [5.41, 5.74) is 0. The number of sulfonamides is 1. The van der Waals surface area contributed by atoms with Gasteiger partial charge in [-0.25, -0.2) is 8.42 Å². The maximum atomic E-state index is 12.6. The molecule has 1 saturated heterocycles. The van der Waals surface area contributed by atoms with Gasteiger partial charge in [-0.3, -0.25) is 9.48 Å². The normalized spacial score (nSPS) is 24.1. The minimum absolute atomic E-state index is 0.0776. The number of nitrogens with zero attached hydrogens (tertiary/aromatic N) is 3. The molecule has 1 aliphatic rings. The predicted molar refractivity (Wildman–Crippen MR) is 73.2 cm³/mol. The van der Waals surface area contributed by atoms with Crippen LogP contribution in [0, 0.1) is 0 Å². The Hall–Kier alpha value is -1.45. The summed E-state index contributed by atoms with van der Waals surface area (Å²) in [7, 11) is -3.64. The van der Waals surface area contributed by atoms with Gasteiger partial charge in [0.25, 0.3) is 0 Å². The van der Waals surface area contributed by atoms with Crippen molar-refractivity contribution in [1.29, 1.82) is 0 Å². The molecule has 0 aromatic carbocycles. The molecule has 0 saturated carbocycles. The number of carboxylic acids is 1. The molecule has 9 heteroatoms. The Bertz CT molecular complexity index is 612. The van der Waals surface area contributed by atoms with E-state index in [0.29, 0.717) is 13.2 Å². The minimum Gasteiger partial charge on any atom is -0.481 e. The van der Waals surface area contributed by atoms with Gasteiger partial charge in [0, 0.05) is 18.8 Å². The van der Waals surface area contributed by atoms with E-state index in [2.05, 4.69) is 5.10 Å². The number of ether oxygens (including phenoxy) is 1. The van der Waals surface area contributed by atoms with Gasteiger partial charge in [-0.1, -0.05) is 0 Å². The fraction of sp³-hybridized carbons (Fsp3) is 0.667. The summed E-state index contributed by atoms with van der Waals surface area (Å²) in [5, 5.41) is 12.5. The third-order valence-corrected chi connectivity index (χ3v) is 5.25. The Balaban J connectivity index is 2.17.